The van der Waals surface area contributed by atoms with Gasteiger partial charge in [0.2, 0.25) is 5.91 Å². The molecule has 0 aromatic heterocycles. The molecular weight excluding hydrogens is 552 g/mol. The number of hydrogen-bond donors (Lipinski definition) is 2. The summed E-state index contributed by atoms with van der Waals surface area (Å²) in [5.74, 6) is -4.27. The van der Waals surface area contributed by atoms with Crippen molar-refractivity contribution in [2.75, 3.05) is 10.6 Å². The Bertz CT molecular complexity index is 1280. The summed E-state index contributed by atoms with van der Waals surface area (Å²) in [5, 5.41) is 5.44. The van der Waals surface area contributed by atoms with Gasteiger partial charge >= 0.3 is 0 Å². The molecule has 3 aromatic carbocycles. The Morgan fingerprint density at radius 3 is 2.09 bits per heavy atom. The highest BCUT2D eigenvalue weighted by atomic mass is 35.5. The van der Waals surface area contributed by atoms with Gasteiger partial charge in [-0.05, 0) is 60.2 Å². The van der Waals surface area contributed by atoms with Gasteiger partial charge in [-0.3, -0.25) is 9.59 Å². The zero-order valence-corrected chi connectivity index (χ0v) is 20.6. The van der Waals surface area contributed by atoms with Gasteiger partial charge < -0.3 is 10.6 Å². The highest BCUT2D eigenvalue weighted by molar-refractivity contribution is 6.53. The first-order valence-corrected chi connectivity index (χ1v) is 11.6. The zero-order valence-electron chi connectivity index (χ0n) is 16.8. The van der Waals surface area contributed by atoms with Gasteiger partial charge in [-0.1, -0.05) is 34.8 Å². The van der Waals surface area contributed by atoms with Crippen LogP contribution in [0.25, 0.3) is 0 Å². The molecule has 11 heteroatoms. The zero-order chi connectivity index (χ0) is 24.8. The Labute approximate surface area is 218 Å². The largest absolute Gasteiger partial charge is 0.323 e. The van der Waals surface area contributed by atoms with E-state index >= 15 is 0 Å². The van der Waals surface area contributed by atoms with Gasteiger partial charge in [0, 0.05) is 21.7 Å². The Kier molecular flexibility index (Phi) is 7.00. The van der Waals surface area contributed by atoms with Crippen molar-refractivity contribution in [1.29, 1.82) is 0 Å². The van der Waals surface area contributed by atoms with E-state index in [0.29, 0.717) is 21.3 Å². The lowest BCUT2D eigenvalue weighted by Crippen LogP contribution is -2.19. The van der Waals surface area contributed by atoms with Crippen LogP contribution < -0.4 is 10.6 Å². The molecule has 1 aliphatic rings. The number of carbonyl (C=O) groups is 2. The molecule has 2 N–H and O–H groups in total. The van der Waals surface area contributed by atoms with Gasteiger partial charge in [-0.2, -0.15) is 0 Å². The maximum absolute atomic E-state index is 14.6. The summed E-state index contributed by atoms with van der Waals surface area (Å²) in [5.41, 5.74) is 0.447. The Morgan fingerprint density at radius 1 is 0.853 bits per heavy atom. The molecule has 4 rings (SSSR count). The van der Waals surface area contributed by atoms with E-state index in [9.17, 15) is 18.4 Å². The highest BCUT2D eigenvalue weighted by Crippen LogP contribution is 2.65. The smallest absolute Gasteiger partial charge is 0.257 e. The fourth-order valence-electron chi connectivity index (χ4n) is 3.58. The summed E-state index contributed by atoms with van der Waals surface area (Å²) in [7, 11) is 0. The first-order valence-electron chi connectivity index (χ1n) is 9.68. The van der Waals surface area contributed by atoms with Crippen molar-refractivity contribution in [2.24, 2.45) is 5.92 Å². The Morgan fingerprint density at radius 2 is 1.47 bits per heavy atom. The van der Waals surface area contributed by atoms with Gasteiger partial charge in [0.1, 0.15) is 16.0 Å². The van der Waals surface area contributed by atoms with Crippen molar-refractivity contribution in [3.63, 3.8) is 0 Å². The van der Waals surface area contributed by atoms with Crippen LogP contribution in [0.5, 0.6) is 0 Å². The van der Waals surface area contributed by atoms with E-state index in [1.807, 2.05) is 0 Å². The van der Waals surface area contributed by atoms with E-state index < -0.39 is 39.6 Å². The summed E-state index contributed by atoms with van der Waals surface area (Å²) >= 11 is 30.8. The molecule has 34 heavy (non-hydrogen) atoms. The molecule has 176 valence electrons. The van der Waals surface area contributed by atoms with E-state index in [1.165, 1.54) is 18.2 Å². The van der Waals surface area contributed by atoms with Crippen molar-refractivity contribution < 1.29 is 18.4 Å². The van der Waals surface area contributed by atoms with E-state index in [4.69, 9.17) is 58.0 Å². The molecule has 4 nitrogen and oxygen atoms in total. The number of amides is 2. The van der Waals surface area contributed by atoms with E-state index in [1.54, 1.807) is 12.1 Å². The fraction of sp³-hybridized carbons (Fsp3) is 0.130. The van der Waals surface area contributed by atoms with Crippen LogP contribution in [0.15, 0.2) is 54.6 Å². The number of benzene rings is 3. The number of nitrogens with one attached hydrogen (secondary N) is 2. The number of anilines is 2. The third-order valence-corrected chi connectivity index (χ3v) is 6.93. The minimum absolute atomic E-state index is 0.111. The SMILES string of the molecule is O=C(Nc1ccc(F)cc1)c1cc(NC(=O)C2C(c3cc(Cl)cc(Cl)c3)C2(Cl)Cl)c(F)cc1Cl. The minimum Gasteiger partial charge on any atom is -0.323 e. The van der Waals surface area contributed by atoms with Crippen LogP contribution in [0, 0.1) is 17.6 Å². The number of hydrogen-bond acceptors (Lipinski definition) is 2. The average Bonchev–Trinajstić information content (AvgIpc) is 3.33. The van der Waals surface area contributed by atoms with Crippen LogP contribution in [-0.2, 0) is 4.79 Å². The van der Waals surface area contributed by atoms with Crippen molar-refractivity contribution in [1.82, 2.24) is 0 Å². The van der Waals surface area contributed by atoms with Gasteiger partial charge in [0.15, 0.2) is 0 Å². The Balaban J connectivity index is 1.55. The first kappa shape index (κ1) is 25.0. The molecule has 3 aromatic rings. The number of rotatable bonds is 5. The van der Waals surface area contributed by atoms with Crippen molar-refractivity contribution in [2.45, 2.75) is 10.3 Å². The molecule has 2 amide bonds. The van der Waals surface area contributed by atoms with Gasteiger partial charge in [-0.25, -0.2) is 8.78 Å². The van der Waals surface area contributed by atoms with E-state index in [-0.39, 0.29) is 16.3 Å². The van der Waals surface area contributed by atoms with Crippen LogP contribution in [0.3, 0.4) is 0 Å². The predicted octanol–water partition coefficient (Wildman–Crippen LogP) is 7.70. The average molecular weight is 565 g/mol. The van der Waals surface area contributed by atoms with Crippen molar-refractivity contribution in [3.8, 4) is 0 Å². The molecular formula is C23H13Cl5F2N2O2. The summed E-state index contributed by atoms with van der Waals surface area (Å²) in [6.07, 6.45) is 0. The van der Waals surface area contributed by atoms with Gasteiger partial charge in [-0.15, -0.1) is 23.2 Å². The highest BCUT2D eigenvalue weighted by Gasteiger charge is 2.67. The summed E-state index contributed by atoms with van der Waals surface area (Å²) in [6.45, 7) is 0. The molecule has 0 saturated heterocycles. The second kappa shape index (κ2) is 9.51. The molecule has 0 radical (unpaired) electrons. The maximum atomic E-state index is 14.6. The molecule has 0 spiro atoms. The van der Waals surface area contributed by atoms with Crippen LogP contribution in [0.2, 0.25) is 15.1 Å². The van der Waals surface area contributed by atoms with Crippen LogP contribution in [0.1, 0.15) is 21.8 Å². The minimum atomic E-state index is -1.47. The third-order valence-electron chi connectivity index (χ3n) is 5.24. The molecule has 2 unspecified atom stereocenters. The normalized spacial score (nSPS) is 18.3. The number of alkyl halides is 2. The number of carbonyl (C=O) groups excluding carboxylic acids is 2. The standard InChI is InChI=1S/C23H13Cl5F2N2O2/c24-11-5-10(6-12(25)7-11)19-20(23(19,27)28)22(34)32-18-8-15(16(26)9-17(18)30)21(33)31-14-3-1-13(29)2-4-14/h1-9,19-20H,(H,31,33)(H,32,34). The lowest BCUT2D eigenvalue weighted by atomic mass is 10.1. The molecule has 1 aliphatic carbocycles. The lowest BCUT2D eigenvalue weighted by molar-refractivity contribution is -0.117. The molecule has 2 atom stereocenters. The van der Waals surface area contributed by atoms with Crippen LogP contribution in [-0.4, -0.2) is 16.1 Å². The summed E-state index contributed by atoms with van der Waals surface area (Å²) in [6, 6.07) is 11.7. The second-order valence-electron chi connectivity index (χ2n) is 7.59. The molecule has 1 fully saturated rings. The third kappa shape index (κ3) is 5.11. The Hall–Kier alpha value is -2.09. The van der Waals surface area contributed by atoms with E-state index in [0.717, 1.165) is 24.3 Å². The molecule has 0 aliphatic heterocycles. The molecule has 1 saturated carbocycles. The number of halogens is 7. The monoisotopic (exact) mass is 562 g/mol. The lowest BCUT2D eigenvalue weighted by Gasteiger charge is -2.11. The summed E-state index contributed by atoms with van der Waals surface area (Å²) in [4.78, 5) is 25.5. The van der Waals surface area contributed by atoms with Gasteiger partial charge in [0.25, 0.3) is 5.91 Å². The fourth-order valence-corrected chi connectivity index (χ4v) is 5.19. The molecule has 0 bridgehead atoms. The summed E-state index contributed by atoms with van der Waals surface area (Å²) < 4.78 is 26.2. The topological polar surface area (TPSA) is 58.2 Å². The van der Waals surface area contributed by atoms with Crippen molar-refractivity contribution >= 4 is 81.2 Å². The first-order chi connectivity index (χ1) is 16.0. The maximum Gasteiger partial charge on any atom is 0.257 e. The predicted molar refractivity (Wildman–Crippen MR) is 132 cm³/mol. The van der Waals surface area contributed by atoms with Crippen LogP contribution >= 0.6 is 58.0 Å². The second-order valence-corrected chi connectivity index (χ2v) is 10.3. The quantitative estimate of drug-likeness (QED) is 0.312. The molecule has 0 heterocycles. The van der Waals surface area contributed by atoms with E-state index in [2.05, 4.69) is 10.6 Å². The van der Waals surface area contributed by atoms with Crippen LogP contribution in [0.4, 0.5) is 20.2 Å². The van der Waals surface area contributed by atoms with Gasteiger partial charge in [0.05, 0.1) is 22.2 Å². The van der Waals surface area contributed by atoms with Crippen molar-refractivity contribution in [3.05, 3.63) is 92.4 Å².